The average Bonchev–Trinajstić information content (AvgIpc) is 2.73. The van der Waals surface area contributed by atoms with Crippen LogP contribution in [0.2, 0.25) is 0 Å². The predicted molar refractivity (Wildman–Crippen MR) is 84.0 cm³/mol. The fourth-order valence-corrected chi connectivity index (χ4v) is 3.91. The maximum absolute atomic E-state index is 6.18. The molecule has 3 atom stereocenters. The highest BCUT2D eigenvalue weighted by atomic mass is 32.2. The molecule has 0 aromatic heterocycles. The summed E-state index contributed by atoms with van der Waals surface area (Å²) in [5.74, 6) is 1.28. The Bertz CT molecular complexity index is 280. The summed E-state index contributed by atoms with van der Waals surface area (Å²) in [6.45, 7) is 13.6. The quantitative estimate of drug-likeness (QED) is 0.857. The van der Waals surface area contributed by atoms with Crippen LogP contribution < -0.4 is 5.32 Å². The zero-order valence-corrected chi connectivity index (χ0v) is 13.8. The van der Waals surface area contributed by atoms with Crippen LogP contribution in [0.5, 0.6) is 0 Å². The molecule has 0 radical (unpaired) electrons. The molecular formula is C15H30N2OS. The minimum atomic E-state index is 0.195. The van der Waals surface area contributed by atoms with E-state index in [-0.39, 0.29) is 5.54 Å². The van der Waals surface area contributed by atoms with Crippen molar-refractivity contribution in [3.8, 4) is 0 Å². The Morgan fingerprint density at radius 1 is 1.26 bits per heavy atom. The second-order valence-electron chi connectivity index (χ2n) is 7.03. The molecule has 2 saturated heterocycles. The van der Waals surface area contributed by atoms with Crippen molar-refractivity contribution in [1.29, 1.82) is 0 Å². The largest absolute Gasteiger partial charge is 0.372 e. The van der Waals surface area contributed by atoms with E-state index in [4.69, 9.17) is 4.74 Å². The van der Waals surface area contributed by atoms with Gasteiger partial charge in [-0.25, -0.2) is 0 Å². The number of thioether (sulfide) groups is 1. The van der Waals surface area contributed by atoms with Crippen LogP contribution >= 0.6 is 11.8 Å². The van der Waals surface area contributed by atoms with E-state index in [1.54, 1.807) is 0 Å². The lowest BCUT2D eigenvalue weighted by Gasteiger charge is -2.32. The molecule has 3 unspecified atom stereocenters. The molecule has 2 heterocycles. The Morgan fingerprint density at radius 3 is 2.68 bits per heavy atom. The third kappa shape index (κ3) is 5.62. The molecule has 3 nitrogen and oxygen atoms in total. The third-order valence-corrected chi connectivity index (χ3v) is 4.98. The van der Waals surface area contributed by atoms with Crippen LogP contribution in [0.3, 0.4) is 0 Å². The molecule has 0 bridgehead atoms. The second kappa shape index (κ2) is 6.79. The number of hydrogen-bond donors (Lipinski definition) is 1. The average molecular weight is 286 g/mol. The second-order valence-corrected chi connectivity index (χ2v) is 8.58. The van der Waals surface area contributed by atoms with Crippen LogP contribution in [-0.4, -0.2) is 59.8 Å². The Morgan fingerprint density at radius 2 is 2.00 bits per heavy atom. The summed E-state index contributed by atoms with van der Waals surface area (Å²) >= 11 is 2.10. The van der Waals surface area contributed by atoms with Crippen molar-refractivity contribution in [3.63, 3.8) is 0 Å². The summed E-state index contributed by atoms with van der Waals surface area (Å²) in [7, 11) is 0. The van der Waals surface area contributed by atoms with Crippen molar-refractivity contribution in [2.45, 2.75) is 63.5 Å². The van der Waals surface area contributed by atoms with Crippen LogP contribution in [0.1, 0.15) is 40.5 Å². The Hall–Kier alpha value is 0.230. The monoisotopic (exact) mass is 286 g/mol. The maximum Gasteiger partial charge on any atom is 0.0707 e. The summed E-state index contributed by atoms with van der Waals surface area (Å²) in [4.78, 5) is 2.59. The van der Waals surface area contributed by atoms with Gasteiger partial charge in [0, 0.05) is 42.7 Å². The van der Waals surface area contributed by atoms with Gasteiger partial charge in [-0.2, -0.15) is 11.8 Å². The van der Waals surface area contributed by atoms with E-state index >= 15 is 0 Å². The van der Waals surface area contributed by atoms with Gasteiger partial charge in [0.1, 0.15) is 0 Å². The Balaban J connectivity index is 1.67. The Kier molecular flexibility index (Phi) is 5.58. The first-order valence-electron chi connectivity index (χ1n) is 7.67. The van der Waals surface area contributed by atoms with Gasteiger partial charge in [0.25, 0.3) is 0 Å². The van der Waals surface area contributed by atoms with E-state index in [0.717, 1.165) is 18.3 Å². The number of nitrogens with one attached hydrogen (secondary N) is 1. The van der Waals surface area contributed by atoms with Gasteiger partial charge in [-0.3, -0.25) is 4.90 Å². The molecule has 0 amide bonds. The summed E-state index contributed by atoms with van der Waals surface area (Å²) in [5, 5.41) is 4.34. The van der Waals surface area contributed by atoms with Crippen LogP contribution in [0.15, 0.2) is 0 Å². The molecule has 0 spiro atoms. The zero-order valence-electron chi connectivity index (χ0n) is 12.9. The molecule has 2 rings (SSSR count). The molecule has 2 aliphatic rings. The van der Waals surface area contributed by atoms with Gasteiger partial charge in [0.05, 0.1) is 12.2 Å². The molecule has 2 aliphatic heterocycles. The van der Waals surface area contributed by atoms with Crippen molar-refractivity contribution in [3.05, 3.63) is 0 Å². The molecular weight excluding hydrogens is 256 g/mol. The SMILES string of the molecule is CC1CN(CC2CCC(CNC(C)(C)C)O2)CCS1. The number of ether oxygens (including phenoxy) is 1. The van der Waals surface area contributed by atoms with E-state index in [1.807, 2.05) is 0 Å². The van der Waals surface area contributed by atoms with E-state index in [0.29, 0.717) is 12.2 Å². The van der Waals surface area contributed by atoms with Gasteiger partial charge in [0.2, 0.25) is 0 Å². The minimum Gasteiger partial charge on any atom is -0.372 e. The lowest BCUT2D eigenvalue weighted by atomic mass is 10.1. The standard InChI is InChI=1S/C15H30N2OS/c1-12-10-17(7-8-19-12)11-14-6-5-13(18-14)9-16-15(2,3)4/h12-14,16H,5-11H2,1-4H3. The molecule has 4 heteroatoms. The van der Waals surface area contributed by atoms with Crippen molar-refractivity contribution in [2.75, 3.05) is 31.9 Å². The highest BCUT2D eigenvalue weighted by Crippen LogP contribution is 2.23. The van der Waals surface area contributed by atoms with Crippen LogP contribution in [0.4, 0.5) is 0 Å². The highest BCUT2D eigenvalue weighted by Gasteiger charge is 2.28. The molecule has 0 aromatic rings. The topological polar surface area (TPSA) is 24.5 Å². The first-order chi connectivity index (χ1) is 8.92. The van der Waals surface area contributed by atoms with Crippen molar-refractivity contribution < 1.29 is 4.74 Å². The lowest BCUT2D eigenvalue weighted by molar-refractivity contribution is 0.0216. The van der Waals surface area contributed by atoms with Gasteiger partial charge >= 0.3 is 0 Å². The van der Waals surface area contributed by atoms with E-state index < -0.39 is 0 Å². The summed E-state index contributed by atoms with van der Waals surface area (Å²) in [6, 6.07) is 0. The fraction of sp³-hybridized carbons (Fsp3) is 1.00. The maximum atomic E-state index is 6.18. The third-order valence-electron chi connectivity index (χ3n) is 3.84. The fourth-order valence-electron chi connectivity index (χ4n) is 2.83. The molecule has 1 N–H and O–H groups in total. The summed E-state index contributed by atoms with van der Waals surface area (Å²) < 4.78 is 6.18. The number of rotatable bonds is 4. The van der Waals surface area contributed by atoms with Gasteiger partial charge in [0.15, 0.2) is 0 Å². The van der Waals surface area contributed by atoms with E-state index in [9.17, 15) is 0 Å². The zero-order chi connectivity index (χ0) is 13.9. The lowest BCUT2D eigenvalue weighted by Crippen LogP contribution is -2.43. The molecule has 0 saturated carbocycles. The van der Waals surface area contributed by atoms with Gasteiger partial charge in [-0.05, 0) is 33.6 Å². The van der Waals surface area contributed by atoms with Crippen molar-refractivity contribution in [2.24, 2.45) is 0 Å². The smallest absolute Gasteiger partial charge is 0.0707 e. The summed E-state index contributed by atoms with van der Waals surface area (Å²) in [6.07, 6.45) is 3.32. The molecule has 19 heavy (non-hydrogen) atoms. The minimum absolute atomic E-state index is 0.195. The summed E-state index contributed by atoms with van der Waals surface area (Å²) in [5.41, 5.74) is 0.195. The molecule has 2 fully saturated rings. The van der Waals surface area contributed by atoms with E-state index in [2.05, 4.69) is 49.7 Å². The molecule has 0 aromatic carbocycles. The van der Waals surface area contributed by atoms with Gasteiger partial charge in [-0.15, -0.1) is 0 Å². The van der Waals surface area contributed by atoms with Gasteiger partial charge in [-0.1, -0.05) is 6.92 Å². The Labute approximate surface area is 122 Å². The van der Waals surface area contributed by atoms with Crippen molar-refractivity contribution in [1.82, 2.24) is 10.2 Å². The molecule has 112 valence electrons. The predicted octanol–water partition coefficient (Wildman–Crippen LogP) is 2.36. The van der Waals surface area contributed by atoms with E-state index in [1.165, 1.54) is 31.7 Å². The van der Waals surface area contributed by atoms with Crippen LogP contribution in [-0.2, 0) is 4.74 Å². The number of nitrogens with zero attached hydrogens (tertiary/aromatic N) is 1. The highest BCUT2D eigenvalue weighted by molar-refractivity contribution is 7.99. The van der Waals surface area contributed by atoms with Crippen molar-refractivity contribution >= 4 is 11.8 Å². The first-order valence-corrected chi connectivity index (χ1v) is 8.72. The molecule has 0 aliphatic carbocycles. The van der Waals surface area contributed by atoms with Crippen LogP contribution in [0.25, 0.3) is 0 Å². The first kappa shape index (κ1) is 15.6. The van der Waals surface area contributed by atoms with Gasteiger partial charge < -0.3 is 10.1 Å². The van der Waals surface area contributed by atoms with Crippen LogP contribution in [0, 0.1) is 0 Å². The normalized spacial score (nSPS) is 33.8. The number of hydrogen-bond acceptors (Lipinski definition) is 4.